The van der Waals surface area contributed by atoms with Gasteiger partial charge in [-0.1, -0.05) is 27.2 Å². The van der Waals surface area contributed by atoms with Crippen LogP contribution < -0.4 is 0 Å². The summed E-state index contributed by atoms with van der Waals surface area (Å²) >= 11 is 0. The van der Waals surface area contributed by atoms with Crippen LogP contribution in [0, 0.1) is 34.5 Å². The number of aliphatic hydroxyl groups is 1. The average molecular weight is 395 g/mol. The molecule has 0 bridgehead atoms. The van der Waals surface area contributed by atoms with Crippen molar-refractivity contribution in [3.05, 3.63) is 0 Å². The summed E-state index contributed by atoms with van der Waals surface area (Å²) in [5.41, 5.74) is -0.988. The highest BCUT2D eigenvalue weighted by Gasteiger charge is 2.60. The van der Waals surface area contributed by atoms with Crippen molar-refractivity contribution in [3.8, 4) is 0 Å². The van der Waals surface area contributed by atoms with E-state index in [2.05, 4.69) is 25.5 Å². The summed E-state index contributed by atoms with van der Waals surface area (Å²) in [7, 11) is 1.30. The van der Waals surface area contributed by atoms with Gasteiger partial charge in [-0.05, 0) is 81.0 Å². The van der Waals surface area contributed by atoms with E-state index in [4.69, 9.17) is 4.74 Å². The molecule has 1 N–H and O–H groups in total. The number of hydrogen-bond acceptors (Lipinski definition) is 5. The molecule has 0 spiro atoms. The first-order valence-corrected chi connectivity index (χ1v) is 11.0. The van der Waals surface area contributed by atoms with Gasteiger partial charge in [0, 0.05) is 0 Å². The highest BCUT2D eigenvalue weighted by Crippen LogP contribution is 2.65. The zero-order chi connectivity index (χ0) is 20.7. The Morgan fingerprint density at radius 3 is 2.46 bits per heavy atom. The lowest BCUT2D eigenvalue weighted by atomic mass is 9.43. The van der Waals surface area contributed by atoms with Crippen LogP contribution in [0.3, 0.4) is 0 Å². The highest BCUT2D eigenvalue weighted by molar-refractivity contribution is 5.80. The van der Waals surface area contributed by atoms with Gasteiger partial charge >= 0.3 is 11.9 Å². The van der Waals surface area contributed by atoms with Gasteiger partial charge in [-0.3, -0.25) is 4.79 Å². The van der Waals surface area contributed by atoms with Crippen LogP contribution in [0.25, 0.3) is 0 Å². The van der Waals surface area contributed by atoms with Gasteiger partial charge < -0.3 is 14.6 Å². The van der Waals surface area contributed by atoms with Gasteiger partial charge in [0.05, 0.1) is 18.1 Å². The van der Waals surface area contributed by atoms with Gasteiger partial charge in [0.25, 0.3) is 0 Å². The van der Waals surface area contributed by atoms with E-state index in [1.807, 2.05) is 6.92 Å². The van der Waals surface area contributed by atoms with Crippen molar-refractivity contribution in [2.45, 2.75) is 84.7 Å². The number of ether oxygens (including phenoxy) is 2. The fraction of sp³-hybridized carbons (Fsp3) is 0.913. The van der Waals surface area contributed by atoms with Crippen LogP contribution in [-0.2, 0) is 19.1 Å². The fourth-order valence-corrected chi connectivity index (χ4v) is 7.01. The first-order chi connectivity index (χ1) is 13.1. The molecule has 3 saturated carbocycles. The second-order valence-corrected chi connectivity index (χ2v) is 10.4. The van der Waals surface area contributed by atoms with E-state index in [0.29, 0.717) is 11.8 Å². The van der Waals surface area contributed by atoms with Crippen molar-refractivity contribution in [1.82, 2.24) is 0 Å². The van der Waals surface area contributed by atoms with Crippen LogP contribution in [0.4, 0.5) is 0 Å². The maximum absolute atomic E-state index is 13.0. The van der Waals surface area contributed by atoms with E-state index in [1.165, 1.54) is 7.11 Å². The van der Waals surface area contributed by atoms with Crippen molar-refractivity contribution in [2.24, 2.45) is 34.5 Å². The van der Waals surface area contributed by atoms with Gasteiger partial charge in [-0.15, -0.1) is 0 Å². The number of fused-ring (bicyclic) bond motifs is 3. The zero-order valence-corrected chi connectivity index (χ0v) is 18.3. The number of methoxy groups -OCH3 is 1. The van der Waals surface area contributed by atoms with Crippen LogP contribution in [0.5, 0.6) is 0 Å². The molecule has 3 rings (SSSR count). The van der Waals surface area contributed by atoms with E-state index >= 15 is 0 Å². The van der Waals surface area contributed by atoms with Gasteiger partial charge in [0.15, 0.2) is 6.61 Å². The number of rotatable bonds is 4. The number of hydrogen-bond donors (Lipinski definition) is 1. The second kappa shape index (κ2) is 7.62. The van der Waals surface area contributed by atoms with Crippen molar-refractivity contribution in [3.63, 3.8) is 0 Å². The Kier molecular flexibility index (Phi) is 5.88. The largest absolute Gasteiger partial charge is 0.466 e. The maximum atomic E-state index is 13.0. The molecule has 28 heavy (non-hydrogen) atoms. The van der Waals surface area contributed by atoms with Crippen molar-refractivity contribution in [1.29, 1.82) is 0 Å². The van der Waals surface area contributed by atoms with Crippen LogP contribution in [0.1, 0.15) is 79.1 Å². The Balaban J connectivity index is 1.79. The topological polar surface area (TPSA) is 72.8 Å². The molecule has 3 aliphatic carbocycles. The van der Waals surface area contributed by atoms with Crippen molar-refractivity contribution in [2.75, 3.05) is 13.7 Å². The van der Waals surface area contributed by atoms with Gasteiger partial charge in [-0.25, -0.2) is 4.79 Å². The molecule has 5 heteroatoms. The zero-order valence-electron chi connectivity index (χ0n) is 18.3. The van der Waals surface area contributed by atoms with Gasteiger partial charge in [0.1, 0.15) is 0 Å². The Morgan fingerprint density at radius 1 is 1.11 bits per heavy atom. The molecule has 0 heterocycles. The van der Waals surface area contributed by atoms with E-state index in [9.17, 15) is 14.7 Å². The van der Waals surface area contributed by atoms with E-state index in [-0.39, 0.29) is 29.8 Å². The SMILES string of the molecule is COC(=O)COC(=O)C1(C)CCCC2(C)C3CCC(O)(C(C)C)CC3CCC12. The maximum Gasteiger partial charge on any atom is 0.344 e. The molecule has 0 saturated heterocycles. The predicted octanol–water partition coefficient (Wildman–Crippen LogP) is 4.11. The van der Waals surface area contributed by atoms with Gasteiger partial charge in [-0.2, -0.15) is 0 Å². The first kappa shape index (κ1) is 21.6. The Hall–Kier alpha value is -1.10. The Bertz CT molecular complexity index is 616. The lowest BCUT2D eigenvalue weighted by Gasteiger charge is -2.61. The summed E-state index contributed by atoms with van der Waals surface area (Å²) < 4.78 is 10.00. The number of carbonyl (C=O) groups excluding carboxylic acids is 2. The molecule has 0 radical (unpaired) electrons. The molecule has 0 aromatic carbocycles. The third-order valence-corrected chi connectivity index (χ3v) is 8.81. The molecule has 0 amide bonds. The van der Waals surface area contributed by atoms with Crippen LogP contribution in [0.2, 0.25) is 0 Å². The third-order valence-electron chi connectivity index (χ3n) is 8.81. The Labute approximate surface area is 169 Å². The molecule has 0 aromatic heterocycles. The van der Waals surface area contributed by atoms with Crippen molar-refractivity contribution < 1.29 is 24.2 Å². The molecule has 6 atom stereocenters. The average Bonchev–Trinajstić information content (AvgIpc) is 2.65. The van der Waals surface area contributed by atoms with Crippen LogP contribution >= 0.6 is 0 Å². The summed E-state index contributed by atoms with van der Waals surface area (Å²) in [5.74, 6) is 0.879. The summed E-state index contributed by atoms with van der Waals surface area (Å²) in [4.78, 5) is 24.4. The Morgan fingerprint density at radius 2 is 1.82 bits per heavy atom. The normalized spacial score (nSPS) is 43.0. The van der Waals surface area contributed by atoms with Gasteiger partial charge in [0.2, 0.25) is 0 Å². The predicted molar refractivity (Wildman–Crippen MR) is 106 cm³/mol. The standard InChI is InChI=1S/C23H38O5/c1-15(2)23(26)12-9-17-16(13-23)7-8-18-21(17,3)10-6-11-22(18,4)20(25)28-14-19(24)27-5/h15-18,26H,6-14H2,1-5H3. The van der Waals surface area contributed by atoms with E-state index in [1.54, 1.807) is 0 Å². The van der Waals surface area contributed by atoms with Crippen molar-refractivity contribution >= 4 is 11.9 Å². The van der Waals surface area contributed by atoms with Crippen LogP contribution in [0.15, 0.2) is 0 Å². The summed E-state index contributed by atoms with van der Waals surface area (Å²) in [6.07, 6.45) is 7.82. The molecule has 0 aliphatic heterocycles. The van der Waals surface area contributed by atoms with Crippen LogP contribution in [-0.4, -0.2) is 36.4 Å². The molecule has 3 fully saturated rings. The fourth-order valence-electron chi connectivity index (χ4n) is 7.01. The van der Waals surface area contributed by atoms with E-state index in [0.717, 1.165) is 51.4 Å². The molecular formula is C23H38O5. The number of carbonyl (C=O) groups is 2. The summed E-state index contributed by atoms with van der Waals surface area (Å²) in [6, 6.07) is 0. The molecule has 0 aromatic rings. The van der Waals surface area contributed by atoms with E-state index < -0.39 is 17.0 Å². The summed E-state index contributed by atoms with van der Waals surface area (Å²) in [6.45, 7) is 8.37. The third kappa shape index (κ3) is 3.48. The molecule has 3 aliphatic rings. The first-order valence-electron chi connectivity index (χ1n) is 11.0. The second-order valence-electron chi connectivity index (χ2n) is 10.4. The summed E-state index contributed by atoms with van der Waals surface area (Å²) in [5, 5.41) is 11.1. The monoisotopic (exact) mass is 394 g/mol. The highest BCUT2D eigenvalue weighted by atomic mass is 16.6. The minimum Gasteiger partial charge on any atom is -0.466 e. The molecule has 5 nitrogen and oxygen atoms in total. The molecule has 6 unspecified atom stereocenters. The molecular weight excluding hydrogens is 356 g/mol. The quantitative estimate of drug-likeness (QED) is 0.727. The lowest BCUT2D eigenvalue weighted by Crippen LogP contribution is -2.58. The minimum absolute atomic E-state index is 0.0957. The minimum atomic E-state index is -0.544. The number of esters is 2. The lowest BCUT2D eigenvalue weighted by molar-refractivity contribution is -0.188. The smallest absolute Gasteiger partial charge is 0.344 e. The molecule has 160 valence electrons.